The lowest BCUT2D eigenvalue weighted by atomic mass is 10.2. The number of nitrogens with zero attached hydrogens (tertiary/aromatic N) is 2. The normalized spacial score (nSPS) is 16.6. The van der Waals surface area contributed by atoms with Gasteiger partial charge in [-0.1, -0.05) is 11.3 Å². The first kappa shape index (κ1) is 13.3. The van der Waals surface area contributed by atoms with Crippen LogP contribution < -0.4 is 4.90 Å². The number of anilines is 1. The number of rotatable bonds is 7. The van der Waals surface area contributed by atoms with Gasteiger partial charge in [-0.25, -0.2) is 9.78 Å². The van der Waals surface area contributed by atoms with Gasteiger partial charge in [0.05, 0.1) is 12.8 Å². The molecule has 100 valence electrons. The average molecular weight is 270 g/mol. The number of methoxy groups -OCH3 is 1. The number of ether oxygens (including phenoxy) is 1. The molecule has 1 aromatic rings. The summed E-state index contributed by atoms with van der Waals surface area (Å²) in [5.74, 6) is -0.205. The van der Waals surface area contributed by atoms with Crippen molar-refractivity contribution in [3.8, 4) is 0 Å². The maximum absolute atomic E-state index is 10.9. The van der Waals surface area contributed by atoms with Crippen molar-refractivity contribution in [3.05, 3.63) is 11.1 Å². The maximum Gasteiger partial charge on any atom is 0.347 e. The summed E-state index contributed by atoms with van der Waals surface area (Å²) < 4.78 is 5.12. The van der Waals surface area contributed by atoms with E-state index in [0.29, 0.717) is 18.6 Å². The summed E-state index contributed by atoms with van der Waals surface area (Å²) in [6.45, 7) is 3.55. The SMILES string of the molecule is COCCN(c1ncc(C(=O)O)s1)C(C)C1CC1. The second-order valence-corrected chi connectivity index (χ2v) is 5.59. The molecule has 0 aromatic carbocycles. The van der Waals surface area contributed by atoms with Gasteiger partial charge in [-0.3, -0.25) is 0 Å². The summed E-state index contributed by atoms with van der Waals surface area (Å²) >= 11 is 1.23. The van der Waals surface area contributed by atoms with Crippen molar-refractivity contribution >= 4 is 22.4 Å². The molecule has 0 amide bonds. The molecule has 0 saturated heterocycles. The van der Waals surface area contributed by atoms with Gasteiger partial charge >= 0.3 is 5.97 Å². The number of aromatic carboxylic acids is 1. The van der Waals surface area contributed by atoms with Crippen LogP contribution in [0.2, 0.25) is 0 Å². The fourth-order valence-corrected chi connectivity index (χ4v) is 2.86. The largest absolute Gasteiger partial charge is 0.477 e. The van der Waals surface area contributed by atoms with Crippen molar-refractivity contribution in [1.29, 1.82) is 0 Å². The second kappa shape index (κ2) is 5.67. The Bertz CT molecular complexity index is 417. The van der Waals surface area contributed by atoms with Gasteiger partial charge in [0.15, 0.2) is 5.13 Å². The predicted octanol–water partition coefficient (Wildman–Crippen LogP) is 2.09. The zero-order chi connectivity index (χ0) is 13.1. The Morgan fingerprint density at radius 2 is 2.44 bits per heavy atom. The molecule has 1 unspecified atom stereocenters. The van der Waals surface area contributed by atoms with E-state index in [1.807, 2.05) is 0 Å². The van der Waals surface area contributed by atoms with Crippen molar-refractivity contribution < 1.29 is 14.6 Å². The quantitative estimate of drug-likeness (QED) is 0.822. The molecule has 18 heavy (non-hydrogen) atoms. The Kier molecular flexibility index (Phi) is 4.19. The highest BCUT2D eigenvalue weighted by atomic mass is 32.1. The number of hydrogen-bond acceptors (Lipinski definition) is 5. The first-order chi connectivity index (χ1) is 8.63. The van der Waals surface area contributed by atoms with E-state index in [1.54, 1.807) is 7.11 Å². The summed E-state index contributed by atoms with van der Waals surface area (Å²) in [5.41, 5.74) is 0. The summed E-state index contributed by atoms with van der Waals surface area (Å²) in [5, 5.41) is 9.72. The molecule has 6 heteroatoms. The van der Waals surface area contributed by atoms with Crippen LogP contribution in [0.15, 0.2) is 6.20 Å². The molecule has 1 aliphatic carbocycles. The van der Waals surface area contributed by atoms with Crippen molar-refractivity contribution in [2.75, 3.05) is 25.2 Å². The minimum atomic E-state index is -0.912. The molecule has 1 saturated carbocycles. The van der Waals surface area contributed by atoms with E-state index < -0.39 is 5.97 Å². The van der Waals surface area contributed by atoms with Gasteiger partial charge in [0.2, 0.25) is 0 Å². The van der Waals surface area contributed by atoms with Gasteiger partial charge in [-0.2, -0.15) is 0 Å². The van der Waals surface area contributed by atoms with Gasteiger partial charge < -0.3 is 14.7 Å². The average Bonchev–Trinajstić information content (AvgIpc) is 3.08. The van der Waals surface area contributed by atoms with Crippen molar-refractivity contribution in [2.24, 2.45) is 5.92 Å². The van der Waals surface area contributed by atoms with Crippen molar-refractivity contribution in [3.63, 3.8) is 0 Å². The highest BCUT2D eigenvalue weighted by Crippen LogP contribution is 2.37. The zero-order valence-corrected chi connectivity index (χ0v) is 11.4. The molecule has 5 nitrogen and oxygen atoms in total. The summed E-state index contributed by atoms with van der Waals surface area (Å²) in [6.07, 6.45) is 3.94. The number of carboxylic acid groups (broad SMARTS) is 1. The molecule has 1 aromatic heterocycles. The highest BCUT2D eigenvalue weighted by molar-refractivity contribution is 7.17. The van der Waals surface area contributed by atoms with E-state index in [0.717, 1.165) is 11.7 Å². The van der Waals surface area contributed by atoms with Crippen molar-refractivity contribution in [1.82, 2.24) is 4.98 Å². The Hall–Kier alpha value is -1.14. The summed E-state index contributed by atoms with van der Waals surface area (Å²) in [6, 6.07) is 0.396. The van der Waals surface area contributed by atoms with Crippen LogP contribution in [0.5, 0.6) is 0 Å². The summed E-state index contributed by atoms with van der Waals surface area (Å²) in [7, 11) is 1.67. The van der Waals surface area contributed by atoms with Gasteiger partial charge in [-0.15, -0.1) is 0 Å². The van der Waals surface area contributed by atoms with Crippen LogP contribution >= 0.6 is 11.3 Å². The Morgan fingerprint density at radius 1 is 1.72 bits per heavy atom. The second-order valence-electron chi connectivity index (χ2n) is 4.58. The predicted molar refractivity (Wildman–Crippen MR) is 70.5 cm³/mol. The molecular weight excluding hydrogens is 252 g/mol. The topological polar surface area (TPSA) is 62.7 Å². The van der Waals surface area contributed by atoms with Crippen LogP contribution in [0.4, 0.5) is 5.13 Å². The third-order valence-corrected chi connectivity index (χ3v) is 4.30. The fourth-order valence-electron chi connectivity index (χ4n) is 1.99. The monoisotopic (exact) mass is 270 g/mol. The lowest BCUT2D eigenvalue weighted by Crippen LogP contribution is -2.37. The molecule has 1 atom stereocenters. The first-order valence-corrected chi connectivity index (χ1v) is 6.90. The maximum atomic E-state index is 10.9. The molecule has 1 fully saturated rings. The minimum Gasteiger partial charge on any atom is -0.477 e. The van der Waals surface area contributed by atoms with E-state index in [1.165, 1.54) is 30.4 Å². The molecule has 1 heterocycles. The standard InChI is InChI=1S/C12H18N2O3S/c1-8(9-3-4-9)14(5-6-17-2)12-13-7-10(18-12)11(15)16/h7-9H,3-6H2,1-2H3,(H,15,16). The third-order valence-electron chi connectivity index (χ3n) is 3.28. The van der Waals surface area contributed by atoms with Gasteiger partial charge in [0.25, 0.3) is 0 Å². The fraction of sp³-hybridized carbons (Fsp3) is 0.667. The molecular formula is C12H18N2O3S. The molecule has 0 aliphatic heterocycles. The van der Waals surface area contributed by atoms with Gasteiger partial charge in [0, 0.05) is 19.7 Å². The van der Waals surface area contributed by atoms with Crippen LogP contribution in [0.25, 0.3) is 0 Å². The van der Waals surface area contributed by atoms with E-state index in [4.69, 9.17) is 9.84 Å². The number of carboxylic acids is 1. The van der Waals surface area contributed by atoms with Crippen LogP contribution in [0.3, 0.4) is 0 Å². The van der Waals surface area contributed by atoms with Crippen LogP contribution in [-0.4, -0.2) is 42.4 Å². The van der Waals surface area contributed by atoms with E-state index in [-0.39, 0.29) is 4.88 Å². The minimum absolute atomic E-state index is 0.287. The molecule has 0 radical (unpaired) electrons. The first-order valence-electron chi connectivity index (χ1n) is 6.08. The van der Waals surface area contributed by atoms with Crippen LogP contribution in [0.1, 0.15) is 29.4 Å². The number of hydrogen-bond donors (Lipinski definition) is 1. The van der Waals surface area contributed by atoms with E-state index in [9.17, 15) is 4.79 Å². The lowest BCUT2D eigenvalue weighted by Gasteiger charge is -2.28. The Morgan fingerprint density at radius 3 is 2.94 bits per heavy atom. The molecule has 0 bridgehead atoms. The third kappa shape index (κ3) is 3.00. The lowest BCUT2D eigenvalue weighted by molar-refractivity contribution is 0.0702. The smallest absolute Gasteiger partial charge is 0.347 e. The van der Waals surface area contributed by atoms with Crippen LogP contribution in [-0.2, 0) is 4.74 Å². The number of aromatic nitrogens is 1. The molecule has 1 N–H and O–H groups in total. The number of thiazole rings is 1. The van der Waals surface area contributed by atoms with Gasteiger partial charge in [0.1, 0.15) is 4.88 Å². The van der Waals surface area contributed by atoms with Crippen LogP contribution in [0, 0.1) is 5.92 Å². The number of carbonyl (C=O) groups is 1. The molecule has 2 rings (SSSR count). The molecule has 0 spiro atoms. The van der Waals surface area contributed by atoms with Crippen molar-refractivity contribution in [2.45, 2.75) is 25.8 Å². The highest BCUT2D eigenvalue weighted by Gasteiger charge is 2.33. The van der Waals surface area contributed by atoms with E-state index >= 15 is 0 Å². The molecule has 1 aliphatic rings. The van der Waals surface area contributed by atoms with E-state index in [2.05, 4.69) is 16.8 Å². The summed E-state index contributed by atoms with van der Waals surface area (Å²) in [4.78, 5) is 17.6. The zero-order valence-electron chi connectivity index (χ0n) is 10.6. The van der Waals surface area contributed by atoms with Gasteiger partial charge in [-0.05, 0) is 25.7 Å². The Labute approximate surface area is 110 Å². The Balaban J connectivity index is 2.12.